The summed E-state index contributed by atoms with van der Waals surface area (Å²) in [5.74, 6) is 0.368. The molecule has 0 radical (unpaired) electrons. The number of hydrogen-bond acceptors (Lipinski definition) is 6. The Balaban J connectivity index is 2.04. The van der Waals surface area contributed by atoms with Gasteiger partial charge < -0.3 is 24.2 Å². The van der Waals surface area contributed by atoms with Crippen LogP contribution in [0.3, 0.4) is 0 Å². The molecule has 0 aliphatic carbocycles. The lowest BCUT2D eigenvalue weighted by Crippen LogP contribution is -2.39. The van der Waals surface area contributed by atoms with Crippen molar-refractivity contribution in [2.24, 2.45) is 0 Å². The van der Waals surface area contributed by atoms with Gasteiger partial charge in [0, 0.05) is 31.9 Å². The van der Waals surface area contributed by atoms with E-state index in [0.717, 1.165) is 0 Å². The third-order valence-electron chi connectivity index (χ3n) is 3.44. The normalized spacial score (nSPS) is 10.3. The van der Waals surface area contributed by atoms with Gasteiger partial charge in [0.2, 0.25) is 5.91 Å². The predicted molar refractivity (Wildman–Crippen MR) is 90.5 cm³/mol. The van der Waals surface area contributed by atoms with E-state index in [1.54, 1.807) is 38.5 Å². The number of benzene rings is 1. The van der Waals surface area contributed by atoms with E-state index >= 15 is 0 Å². The standard InChI is InChI=1S/C17H21N3O5/c1-23-10-3-9-20(12-16(21)18-15-8-11-25-19-15)17(22)13-4-6-14(24-2)7-5-13/h4-8,11H,3,9-10,12H2,1-2H3,(H,18,19,21). The quantitative estimate of drug-likeness (QED) is 0.695. The van der Waals surface area contributed by atoms with Crippen LogP contribution in [0.5, 0.6) is 5.75 Å². The number of anilines is 1. The second kappa shape index (κ2) is 9.43. The zero-order valence-electron chi connectivity index (χ0n) is 14.2. The Morgan fingerprint density at radius 3 is 2.56 bits per heavy atom. The number of amides is 2. The van der Waals surface area contributed by atoms with Crippen LogP contribution < -0.4 is 10.1 Å². The molecular formula is C17H21N3O5. The molecule has 1 aromatic carbocycles. The first-order chi connectivity index (χ1) is 12.1. The summed E-state index contributed by atoms with van der Waals surface area (Å²) in [7, 11) is 3.15. The Bertz CT molecular complexity index is 670. The lowest BCUT2D eigenvalue weighted by molar-refractivity contribution is -0.117. The van der Waals surface area contributed by atoms with Gasteiger partial charge in [-0.2, -0.15) is 0 Å². The summed E-state index contributed by atoms with van der Waals surface area (Å²) in [6.45, 7) is 0.795. The molecule has 134 valence electrons. The molecule has 0 saturated heterocycles. The molecule has 2 amide bonds. The van der Waals surface area contributed by atoms with Crippen LogP contribution in [0, 0.1) is 0 Å². The number of aromatic nitrogens is 1. The van der Waals surface area contributed by atoms with E-state index in [-0.39, 0.29) is 18.4 Å². The van der Waals surface area contributed by atoms with Gasteiger partial charge >= 0.3 is 0 Å². The highest BCUT2D eigenvalue weighted by atomic mass is 16.5. The van der Waals surface area contributed by atoms with Crippen molar-refractivity contribution in [3.05, 3.63) is 42.2 Å². The summed E-state index contributed by atoms with van der Waals surface area (Å²) in [4.78, 5) is 26.3. The van der Waals surface area contributed by atoms with Gasteiger partial charge in [-0.05, 0) is 30.7 Å². The van der Waals surface area contributed by atoms with Gasteiger partial charge in [0.25, 0.3) is 5.91 Å². The van der Waals surface area contributed by atoms with Crippen LogP contribution in [0.2, 0.25) is 0 Å². The Morgan fingerprint density at radius 2 is 1.96 bits per heavy atom. The second-order valence-corrected chi connectivity index (χ2v) is 5.23. The molecule has 0 atom stereocenters. The van der Waals surface area contributed by atoms with Gasteiger partial charge in [0.15, 0.2) is 5.82 Å². The molecular weight excluding hydrogens is 326 g/mol. The fraction of sp³-hybridized carbons (Fsp3) is 0.353. The summed E-state index contributed by atoms with van der Waals surface area (Å²) < 4.78 is 14.8. The fourth-order valence-electron chi connectivity index (χ4n) is 2.20. The van der Waals surface area contributed by atoms with E-state index in [4.69, 9.17) is 9.47 Å². The van der Waals surface area contributed by atoms with E-state index in [1.165, 1.54) is 17.2 Å². The van der Waals surface area contributed by atoms with Crippen LogP contribution in [-0.2, 0) is 9.53 Å². The maximum absolute atomic E-state index is 12.7. The maximum Gasteiger partial charge on any atom is 0.254 e. The van der Waals surface area contributed by atoms with Crippen molar-refractivity contribution in [3.63, 3.8) is 0 Å². The topological polar surface area (TPSA) is 93.9 Å². The number of methoxy groups -OCH3 is 2. The molecule has 1 N–H and O–H groups in total. The molecule has 0 aliphatic rings. The molecule has 8 heteroatoms. The second-order valence-electron chi connectivity index (χ2n) is 5.23. The molecule has 25 heavy (non-hydrogen) atoms. The lowest BCUT2D eigenvalue weighted by Gasteiger charge is -2.22. The van der Waals surface area contributed by atoms with Gasteiger partial charge in [0.05, 0.1) is 7.11 Å². The molecule has 0 bridgehead atoms. The fourth-order valence-corrected chi connectivity index (χ4v) is 2.20. The number of nitrogens with one attached hydrogen (secondary N) is 1. The first-order valence-corrected chi connectivity index (χ1v) is 7.76. The molecule has 8 nitrogen and oxygen atoms in total. The van der Waals surface area contributed by atoms with Crippen molar-refractivity contribution in [2.45, 2.75) is 6.42 Å². The third kappa shape index (κ3) is 5.61. The van der Waals surface area contributed by atoms with Crippen molar-refractivity contribution in [1.82, 2.24) is 10.1 Å². The number of carbonyl (C=O) groups is 2. The minimum Gasteiger partial charge on any atom is -0.497 e. The van der Waals surface area contributed by atoms with E-state index in [0.29, 0.717) is 36.7 Å². The van der Waals surface area contributed by atoms with Crippen molar-refractivity contribution in [3.8, 4) is 5.75 Å². The lowest BCUT2D eigenvalue weighted by atomic mass is 10.2. The highest BCUT2D eigenvalue weighted by molar-refractivity contribution is 5.99. The number of ether oxygens (including phenoxy) is 2. The SMILES string of the molecule is COCCCN(CC(=O)Nc1ccon1)C(=O)c1ccc(OC)cc1. The molecule has 0 spiro atoms. The average molecular weight is 347 g/mol. The minimum absolute atomic E-state index is 0.0958. The zero-order chi connectivity index (χ0) is 18.1. The summed E-state index contributed by atoms with van der Waals surface area (Å²) in [6, 6.07) is 8.27. The van der Waals surface area contributed by atoms with Crippen LogP contribution in [0.1, 0.15) is 16.8 Å². The number of carbonyl (C=O) groups excluding carboxylic acids is 2. The molecule has 2 aromatic rings. The molecule has 0 aliphatic heterocycles. The predicted octanol–water partition coefficient (Wildman–Crippen LogP) is 1.80. The smallest absolute Gasteiger partial charge is 0.254 e. The van der Waals surface area contributed by atoms with Crippen LogP contribution in [0.15, 0.2) is 41.1 Å². The van der Waals surface area contributed by atoms with Crippen molar-refractivity contribution >= 4 is 17.6 Å². The van der Waals surface area contributed by atoms with Crippen molar-refractivity contribution < 1.29 is 23.6 Å². The van der Waals surface area contributed by atoms with Crippen LogP contribution in [0.25, 0.3) is 0 Å². The Kier molecular flexibility index (Phi) is 6.97. The van der Waals surface area contributed by atoms with Crippen LogP contribution >= 0.6 is 0 Å². The summed E-state index contributed by atoms with van der Waals surface area (Å²) in [6.07, 6.45) is 1.98. The van der Waals surface area contributed by atoms with Gasteiger partial charge in [-0.3, -0.25) is 9.59 Å². The average Bonchev–Trinajstić information content (AvgIpc) is 3.13. The maximum atomic E-state index is 12.7. The zero-order valence-corrected chi connectivity index (χ0v) is 14.2. The Labute approximate surface area is 145 Å². The van der Waals surface area contributed by atoms with E-state index in [9.17, 15) is 9.59 Å². The number of nitrogens with zero attached hydrogens (tertiary/aromatic N) is 2. The first kappa shape index (κ1) is 18.5. The van der Waals surface area contributed by atoms with Gasteiger partial charge in [0.1, 0.15) is 18.6 Å². The van der Waals surface area contributed by atoms with E-state index in [1.807, 2.05) is 0 Å². The molecule has 0 unspecified atom stereocenters. The highest BCUT2D eigenvalue weighted by Gasteiger charge is 2.19. The molecule has 1 aromatic heterocycles. The van der Waals surface area contributed by atoms with E-state index < -0.39 is 0 Å². The molecule has 0 saturated carbocycles. The summed E-state index contributed by atoms with van der Waals surface area (Å²) in [5.41, 5.74) is 0.479. The highest BCUT2D eigenvalue weighted by Crippen LogP contribution is 2.13. The Hall–Kier alpha value is -2.87. The van der Waals surface area contributed by atoms with Gasteiger partial charge in [-0.15, -0.1) is 0 Å². The molecule has 2 rings (SSSR count). The first-order valence-electron chi connectivity index (χ1n) is 7.76. The van der Waals surface area contributed by atoms with Crippen molar-refractivity contribution in [2.75, 3.05) is 39.2 Å². The third-order valence-corrected chi connectivity index (χ3v) is 3.44. The van der Waals surface area contributed by atoms with Crippen LogP contribution in [-0.4, -0.2) is 55.8 Å². The Morgan fingerprint density at radius 1 is 1.20 bits per heavy atom. The van der Waals surface area contributed by atoms with Crippen molar-refractivity contribution in [1.29, 1.82) is 0 Å². The number of rotatable bonds is 9. The largest absolute Gasteiger partial charge is 0.497 e. The minimum atomic E-state index is -0.354. The molecule has 1 heterocycles. The number of hydrogen-bond donors (Lipinski definition) is 1. The van der Waals surface area contributed by atoms with Gasteiger partial charge in [-0.25, -0.2) is 0 Å². The summed E-state index contributed by atoms with van der Waals surface area (Å²) >= 11 is 0. The monoisotopic (exact) mass is 347 g/mol. The molecule has 0 fully saturated rings. The van der Waals surface area contributed by atoms with Gasteiger partial charge in [-0.1, -0.05) is 5.16 Å². The summed E-state index contributed by atoms with van der Waals surface area (Å²) in [5, 5.41) is 6.20. The van der Waals surface area contributed by atoms with Crippen LogP contribution in [0.4, 0.5) is 5.82 Å². The van der Waals surface area contributed by atoms with E-state index in [2.05, 4.69) is 15.0 Å².